The first-order chi connectivity index (χ1) is 17.8. The molecule has 2 N–H and O–H groups in total. The minimum Gasteiger partial charge on any atom is -0.381 e. The minimum atomic E-state index is 0.222. The Hall–Kier alpha value is -3.01. The Morgan fingerprint density at radius 1 is 1.27 bits per heavy atom. The summed E-state index contributed by atoms with van der Waals surface area (Å²) in [6, 6.07) is 0.222. The van der Waals surface area contributed by atoms with Crippen molar-refractivity contribution in [2.45, 2.75) is 66.3 Å². The average molecular weight is 524 g/mol. The highest BCUT2D eigenvalue weighted by Crippen LogP contribution is 2.17. The average Bonchev–Trinajstić information content (AvgIpc) is 3.06. The maximum absolute atomic E-state index is 5.71. The molecule has 0 saturated carbocycles. The standard InChI is InChI=1S/C31H46ClN5/c1-9-14-27-17-19-28(18-16-24(27)4)36-31(33-7)21-29(10-2)37(8)23-34-22-26(6)35-30(11-3)25(5)15-12-13-20-32/h12-13,15-18,21,23,30,35H,6,9-11,14,20,22H2,1-5,7-8H3,(H,33,36)/b13-12-,25-15+,29-21+,34-23-. The Morgan fingerprint density at radius 3 is 2.65 bits per heavy atom. The van der Waals surface area contributed by atoms with Gasteiger partial charge in [-0.3, -0.25) is 9.98 Å². The van der Waals surface area contributed by atoms with E-state index in [1.54, 1.807) is 7.05 Å². The molecule has 202 valence electrons. The number of rotatable bonds is 15. The minimum absolute atomic E-state index is 0.222. The molecule has 0 aromatic heterocycles. The van der Waals surface area contributed by atoms with Crippen LogP contribution < -0.4 is 10.6 Å². The first kappa shape index (κ1) is 32.0. The summed E-state index contributed by atoms with van der Waals surface area (Å²) in [7, 11) is 3.79. The van der Waals surface area contributed by atoms with Gasteiger partial charge in [0.15, 0.2) is 0 Å². The Bertz CT molecular complexity index is 1030. The van der Waals surface area contributed by atoms with Crippen LogP contribution in [0.2, 0.25) is 0 Å². The van der Waals surface area contributed by atoms with Crippen molar-refractivity contribution in [2.75, 3.05) is 26.5 Å². The summed E-state index contributed by atoms with van der Waals surface area (Å²) in [6.45, 7) is 15.4. The van der Waals surface area contributed by atoms with Gasteiger partial charge in [-0.15, -0.1) is 11.6 Å². The van der Waals surface area contributed by atoms with E-state index in [0.717, 1.165) is 48.6 Å². The summed E-state index contributed by atoms with van der Waals surface area (Å²) >= 11 is 5.71. The molecule has 0 spiro atoms. The molecule has 0 radical (unpaired) electrons. The normalized spacial score (nSPS) is 15.9. The number of hydrogen-bond acceptors (Lipinski definition) is 3. The van der Waals surface area contributed by atoms with Gasteiger partial charge in [0.1, 0.15) is 5.84 Å². The number of nitrogens with one attached hydrogen (secondary N) is 2. The van der Waals surface area contributed by atoms with E-state index in [2.05, 4.69) is 97.9 Å². The molecule has 1 rings (SSSR count). The van der Waals surface area contributed by atoms with Crippen LogP contribution in [0.1, 0.15) is 60.3 Å². The van der Waals surface area contributed by atoms with Gasteiger partial charge >= 0.3 is 0 Å². The molecule has 0 bridgehead atoms. The Labute approximate surface area is 230 Å². The van der Waals surface area contributed by atoms with Crippen LogP contribution in [0, 0.1) is 0 Å². The highest BCUT2D eigenvalue weighted by atomic mass is 35.5. The molecule has 1 aliphatic rings. The third kappa shape index (κ3) is 12.2. The molecular formula is C31H46ClN5. The largest absolute Gasteiger partial charge is 0.381 e. The number of aliphatic imine (C=N–C) groups is 2. The van der Waals surface area contributed by atoms with E-state index in [1.807, 2.05) is 30.4 Å². The lowest BCUT2D eigenvalue weighted by atomic mass is 10.1. The zero-order valence-electron chi connectivity index (χ0n) is 23.9. The van der Waals surface area contributed by atoms with Gasteiger partial charge in [-0.1, -0.05) is 69.4 Å². The molecule has 0 saturated heterocycles. The molecule has 1 aliphatic carbocycles. The molecule has 1 atom stereocenters. The third-order valence-corrected chi connectivity index (χ3v) is 6.19. The summed E-state index contributed by atoms with van der Waals surface area (Å²) in [5, 5.41) is 6.89. The van der Waals surface area contributed by atoms with Crippen molar-refractivity contribution in [2.24, 2.45) is 9.98 Å². The van der Waals surface area contributed by atoms with Crippen molar-refractivity contribution in [3.8, 4) is 0 Å². The van der Waals surface area contributed by atoms with Crippen LogP contribution in [0.3, 0.4) is 0 Å². The summed E-state index contributed by atoms with van der Waals surface area (Å²) < 4.78 is 0. The molecule has 0 fully saturated rings. The maximum atomic E-state index is 5.71. The summed E-state index contributed by atoms with van der Waals surface area (Å²) in [4.78, 5) is 11.1. The molecule has 6 heteroatoms. The van der Waals surface area contributed by atoms with E-state index in [-0.39, 0.29) is 6.04 Å². The Kier molecular flexibility index (Phi) is 15.8. The van der Waals surface area contributed by atoms with Gasteiger partial charge in [-0.25, -0.2) is 0 Å². The van der Waals surface area contributed by atoms with Crippen molar-refractivity contribution in [1.29, 1.82) is 0 Å². The lowest BCUT2D eigenvalue weighted by molar-refractivity contribution is 0.603. The zero-order chi connectivity index (χ0) is 27.6. The number of alkyl halides is 1. The van der Waals surface area contributed by atoms with Crippen molar-refractivity contribution < 1.29 is 0 Å². The number of hydrogen-bond donors (Lipinski definition) is 2. The van der Waals surface area contributed by atoms with Crippen molar-refractivity contribution in [1.82, 2.24) is 15.5 Å². The fraction of sp³-hybridized carbons (Fsp3) is 0.452. The molecule has 37 heavy (non-hydrogen) atoms. The second-order valence-electron chi connectivity index (χ2n) is 8.99. The van der Waals surface area contributed by atoms with Gasteiger partial charge in [0.05, 0.1) is 18.6 Å². The van der Waals surface area contributed by atoms with Gasteiger partial charge in [0, 0.05) is 37.4 Å². The molecule has 1 unspecified atom stereocenters. The number of allylic oxidation sites excluding steroid dienone is 8. The maximum Gasteiger partial charge on any atom is 0.127 e. The van der Waals surface area contributed by atoms with E-state index < -0.39 is 0 Å². The Balaban J connectivity index is 2.81. The van der Waals surface area contributed by atoms with E-state index in [4.69, 9.17) is 11.6 Å². The van der Waals surface area contributed by atoms with Gasteiger partial charge in [-0.2, -0.15) is 0 Å². The van der Waals surface area contributed by atoms with Crippen LogP contribution in [0.25, 0.3) is 0 Å². The van der Waals surface area contributed by atoms with Crippen molar-refractivity contribution >= 4 is 23.8 Å². The van der Waals surface area contributed by atoms with Gasteiger partial charge < -0.3 is 15.5 Å². The van der Waals surface area contributed by atoms with Crippen molar-refractivity contribution in [3.05, 3.63) is 88.7 Å². The topological polar surface area (TPSA) is 52.0 Å². The molecule has 0 aromatic carbocycles. The lowest BCUT2D eigenvalue weighted by Crippen LogP contribution is -2.29. The first-order valence-electron chi connectivity index (χ1n) is 13.1. The highest BCUT2D eigenvalue weighted by Gasteiger charge is 2.09. The zero-order valence-corrected chi connectivity index (χ0v) is 24.6. The SMILES string of the molecule is C=C(C/N=C\N(C)/C(=C/C(=N\C)NC1=C=CC(CCC)=C(C)C=C1)CC)NC(CC)/C(C)=C/C=C\CCl. The molecule has 0 aliphatic heterocycles. The first-order valence-corrected chi connectivity index (χ1v) is 13.7. The second kappa shape index (κ2) is 18.3. The number of amidine groups is 1. The van der Waals surface area contributed by atoms with Crippen LogP contribution in [0.15, 0.2) is 98.6 Å². The fourth-order valence-electron chi connectivity index (χ4n) is 3.73. The summed E-state index contributed by atoms with van der Waals surface area (Å²) in [5.41, 5.74) is 10.1. The van der Waals surface area contributed by atoms with Crippen molar-refractivity contribution in [3.63, 3.8) is 0 Å². The summed E-state index contributed by atoms with van der Waals surface area (Å²) in [6.07, 6.45) is 20.1. The van der Waals surface area contributed by atoms with E-state index in [0.29, 0.717) is 12.4 Å². The van der Waals surface area contributed by atoms with E-state index in [1.165, 1.54) is 16.7 Å². The summed E-state index contributed by atoms with van der Waals surface area (Å²) in [5.74, 6) is 1.29. The third-order valence-electron chi connectivity index (χ3n) is 6.01. The molecular weight excluding hydrogens is 478 g/mol. The fourth-order valence-corrected chi connectivity index (χ4v) is 3.83. The molecule has 0 heterocycles. The quantitative estimate of drug-likeness (QED) is 0.0783. The van der Waals surface area contributed by atoms with Gasteiger partial charge in [-0.05, 0) is 62.5 Å². The van der Waals surface area contributed by atoms with Crippen LogP contribution in [-0.2, 0) is 0 Å². The second-order valence-corrected chi connectivity index (χ2v) is 9.29. The van der Waals surface area contributed by atoms with Gasteiger partial charge in [0.25, 0.3) is 0 Å². The molecule has 0 amide bonds. The monoisotopic (exact) mass is 523 g/mol. The van der Waals surface area contributed by atoms with E-state index >= 15 is 0 Å². The predicted molar refractivity (Wildman–Crippen MR) is 164 cm³/mol. The Morgan fingerprint density at radius 2 is 2.03 bits per heavy atom. The van der Waals surface area contributed by atoms with Crippen LogP contribution >= 0.6 is 11.6 Å². The number of halogens is 1. The van der Waals surface area contributed by atoms with Crippen LogP contribution in [0.4, 0.5) is 0 Å². The smallest absolute Gasteiger partial charge is 0.127 e. The lowest BCUT2D eigenvalue weighted by Gasteiger charge is -2.20. The van der Waals surface area contributed by atoms with E-state index in [9.17, 15) is 0 Å². The van der Waals surface area contributed by atoms with Crippen LogP contribution in [-0.4, -0.2) is 49.6 Å². The molecule has 5 nitrogen and oxygen atoms in total. The predicted octanol–water partition coefficient (Wildman–Crippen LogP) is 7.21. The van der Waals surface area contributed by atoms with Gasteiger partial charge in [0.2, 0.25) is 0 Å². The van der Waals surface area contributed by atoms with Crippen LogP contribution in [0.5, 0.6) is 0 Å². The molecule has 0 aromatic rings. The number of nitrogens with zero attached hydrogens (tertiary/aromatic N) is 3. The highest BCUT2D eigenvalue weighted by molar-refractivity contribution is 6.18.